The molecule has 0 aliphatic rings. The van der Waals surface area contributed by atoms with Gasteiger partial charge < -0.3 is 10.1 Å². The molecule has 0 fully saturated rings. The van der Waals surface area contributed by atoms with Crippen LogP contribution in [0.5, 0.6) is 5.75 Å². The molecule has 8 heteroatoms. The van der Waals surface area contributed by atoms with Crippen molar-refractivity contribution < 1.29 is 17.9 Å². The Labute approximate surface area is 165 Å². The highest BCUT2D eigenvalue weighted by atomic mass is 35.5. The molecule has 0 atom stereocenters. The van der Waals surface area contributed by atoms with Crippen LogP contribution in [0.3, 0.4) is 0 Å². The maximum absolute atomic E-state index is 12.2. The number of carbonyl (C=O) groups is 1. The average molecular weight is 411 g/mol. The molecule has 0 unspecified atom stereocenters. The Morgan fingerprint density at radius 1 is 1.11 bits per heavy atom. The van der Waals surface area contributed by atoms with Gasteiger partial charge in [0.25, 0.3) is 0 Å². The van der Waals surface area contributed by atoms with Crippen molar-refractivity contribution in [1.82, 2.24) is 5.32 Å². The van der Waals surface area contributed by atoms with Crippen molar-refractivity contribution in [2.75, 3.05) is 30.8 Å². The number of carbonyl (C=O) groups excluding carboxylic acids is 1. The number of aryl methyl sites for hydroxylation is 1. The number of rotatable bonds is 9. The second-order valence-corrected chi connectivity index (χ2v) is 8.39. The molecular weight excluding hydrogens is 388 g/mol. The first-order chi connectivity index (χ1) is 12.8. The minimum Gasteiger partial charge on any atom is -0.497 e. The van der Waals surface area contributed by atoms with E-state index in [4.69, 9.17) is 16.3 Å². The van der Waals surface area contributed by atoms with Gasteiger partial charge in [-0.25, -0.2) is 8.42 Å². The number of sulfonamides is 1. The van der Waals surface area contributed by atoms with Crippen molar-refractivity contribution in [3.05, 3.63) is 59.1 Å². The van der Waals surface area contributed by atoms with Crippen LogP contribution in [0.15, 0.2) is 48.5 Å². The quantitative estimate of drug-likeness (QED) is 0.645. The number of nitrogens with zero attached hydrogens (tertiary/aromatic N) is 1. The number of methoxy groups -OCH3 is 1. The Hall–Kier alpha value is -2.25. The lowest BCUT2D eigenvalue weighted by atomic mass is 10.1. The van der Waals surface area contributed by atoms with Gasteiger partial charge in [0.2, 0.25) is 15.9 Å². The first-order valence-electron chi connectivity index (χ1n) is 8.42. The fourth-order valence-electron chi connectivity index (χ4n) is 2.51. The van der Waals surface area contributed by atoms with Crippen molar-refractivity contribution in [3.63, 3.8) is 0 Å². The van der Waals surface area contributed by atoms with Crippen LogP contribution in [0, 0.1) is 0 Å². The summed E-state index contributed by atoms with van der Waals surface area (Å²) in [5, 5.41) is 3.26. The van der Waals surface area contributed by atoms with E-state index in [0.29, 0.717) is 17.3 Å². The van der Waals surface area contributed by atoms with Crippen molar-refractivity contribution in [2.24, 2.45) is 0 Å². The minimum atomic E-state index is -3.59. The normalized spacial score (nSPS) is 11.1. The molecule has 1 N–H and O–H groups in total. The fourth-order valence-corrected chi connectivity index (χ4v) is 3.49. The molecule has 0 saturated carbocycles. The van der Waals surface area contributed by atoms with Crippen LogP contribution in [0.25, 0.3) is 0 Å². The van der Waals surface area contributed by atoms with E-state index in [1.807, 2.05) is 24.3 Å². The van der Waals surface area contributed by atoms with Crippen molar-refractivity contribution in [3.8, 4) is 5.75 Å². The highest BCUT2D eigenvalue weighted by molar-refractivity contribution is 7.92. The molecule has 0 radical (unpaired) electrons. The SMILES string of the molecule is COc1ccc(CCCNC(=O)CN(c2ccc(Cl)cc2)S(C)(=O)=O)cc1. The van der Waals surface area contributed by atoms with Crippen LogP contribution in [-0.2, 0) is 21.2 Å². The van der Waals surface area contributed by atoms with E-state index in [1.54, 1.807) is 31.4 Å². The number of anilines is 1. The molecule has 2 aromatic rings. The Balaban J connectivity index is 1.85. The molecule has 0 aliphatic carbocycles. The van der Waals surface area contributed by atoms with Gasteiger partial charge in [-0.15, -0.1) is 0 Å². The molecule has 2 aromatic carbocycles. The van der Waals surface area contributed by atoms with E-state index >= 15 is 0 Å². The highest BCUT2D eigenvalue weighted by Crippen LogP contribution is 2.20. The summed E-state index contributed by atoms with van der Waals surface area (Å²) in [7, 11) is -1.97. The third-order valence-electron chi connectivity index (χ3n) is 3.93. The second kappa shape index (κ2) is 9.62. The molecule has 146 valence electrons. The van der Waals surface area contributed by atoms with E-state index in [2.05, 4.69) is 5.32 Å². The van der Waals surface area contributed by atoms with Gasteiger partial charge in [0, 0.05) is 11.6 Å². The number of halogens is 1. The standard InChI is InChI=1S/C19H23ClN2O4S/c1-26-18-11-5-15(6-12-18)4-3-13-21-19(23)14-22(27(2,24)25)17-9-7-16(20)8-10-17/h5-12H,3-4,13-14H2,1-2H3,(H,21,23). The molecule has 1 amide bonds. The zero-order chi connectivity index (χ0) is 19.9. The van der Waals surface area contributed by atoms with Gasteiger partial charge in [-0.1, -0.05) is 23.7 Å². The zero-order valence-electron chi connectivity index (χ0n) is 15.3. The molecule has 2 rings (SSSR count). The molecule has 0 saturated heterocycles. The summed E-state index contributed by atoms with van der Waals surface area (Å²) in [6.45, 7) is 0.187. The van der Waals surface area contributed by atoms with Gasteiger partial charge in [0.15, 0.2) is 0 Å². The van der Waals surface area contributed by atoms with Crippen molar-refractivity contribution in [1.29, 1.82) is 0 Å². The van der Waals surface area contributed by atoms with E-state index in [9.17, 15) is 13.2 Å². The van der Waals surface area contributed by atoms with E-state index in [1.165, 1.54) is 0 Å². The number of hydrogen-bond acceptors (Lipinski definition) is 4. The summed E-state index contributed by atoms with van der Waals surface area (Å²) in [5.74, 6) is 0.445. The second-order valence-electron chi connectivity index (χ2n) is 6.05. The summed E-state index contributed by atoms with van der Waals surface area (Å²) >= 11 is 5.83. The Kier molecular flexibility index (Phi) is 7.50. The monoisotopic (exact) mass is 410 g/mol. The number of hydrogen-bond donors (Lipinski definition) is 1. The van der Waals surface area contributed by atoms with Crippen LogP contribution in [-0.4, -0.2) is 40.8 Å². The lowest BCUT2D eigenvalue weighted by Gasteiger charge is -2.22. The van der Waals surface area contributed by atoms with Crippen LogP contribution >= 0.6 is 11.6 Å². The predicted octanol–water partition coefficient (Wildman–Crippen LogP) is 2.86. The van der Waals surface area contributed by atoms with Gasteiger partial charge in [0.1, 0.15) is 12.3 Å². The lowest BCUT2D eigenvalue weighted by molar-refractivity contribution is -0.119. The van der Waals surface area contributed by atoms with Crippen LogP contribution < -0.4 is 14.4 Å². The van der Waals surface area contributed by atoms with Crippen molar-refractivity contribution in [2.45, 2.75) is 12.8 Å². The lowest BCUT2D eigenvalue weighted by Crippen LogP contribution is -2.40. The third-order valence-corrected chi connectivity index (χ3v) is 5.32. The van der Waals surface area contributed by atoms with E-state index in [0.717, 1.165) is 34.7 Å². The van der Waals surface area contributed by atoms with E-state index < -0.39 is 10.0 Å². The minimum absolute atomic E-state index is 0.275. The molecule has 0 aromatic heterocycles. The molecule has 0 spiro atoms. The highest BCUT2D eigenvalue weighted by Gasteiger charge is 2.20. The molecular formula is C19H23ClN2O4S. The van der Waals surface area contributed by atoms with Crippen LogP contribution in [0.4, 0.5) is 5.69 Å². The number of nitrogens with one attached hydrogen (secondary N) is 1. The molecule has 0 aliphatic heterocycles. The maximum Gasteiger partial charge on any atom is 0.240 e. The smallest absolute Gasteiger partial charge is 0.240 e. The van der Waals surface area contributed by atoms with Gasteiger partial charge in [-0.05, 0) is 54.8 Å². The van der Waals surface area contributed by atoms with Gasteiger partial charge >= 0.3 is 0 Å². The molecule has 0 heterocycles. The molecule has 0 bridgehead atoms. The maximum atomic E-state index is 12.2. The fraction of sp³-hybridized carbons (Fsp3) is 0.316. The summed E-state index contributed by atoms with van der Waals surface area (Å²) < 4.78 is 30.2. The van der Waals surface area contributed by atoms with Gasteiger partial charge in [-0.3, -0.25) is 9.10 Å². The summed E-state index contributed by atoms with van der Waals surface area (Å²) in [6, 6.07) is 14.1. The Bertz CT molecular complexity index is 852. The van der Waals surface area contributed by atoms with Crippen molar-refractivity contribution >= 4 is 33.2 Å². The zero-order valence-corrected chi connectivity index (χ0v) is 16.9. The number of amides is 1. The number of benzene rings is 2. The first-order valence-corrected chi connectivity index (χ1v) is 10.6. The summed E-state index contributed by atoms with van der Waals surface area (Å²) in [6.07, 6.45) is 2.62. The summed E-state index contributed by atoms with van der Waals surface area (Å²) in [5.41, 5.74) is 1.54. The summed E-state index contributed by atoms with van der Waals surface area (Å²) in [4.78, 5) is 12.2. The first kappa shape index (κ1) is 21.1. The Morgan fingerprint density at radius 2 is 1.74 bits per heavy atom. The van der Waals surface area contributed by atoms with Gasteiger partial charge in [0.05, 0.1) is 19.1 Å². The van der Waals surface area contributed by atoms with Crippen LogP contribution in [0.1, 0.15) is 12.0 Å². The molecule has 6 nitrogen and oxygen atoms in total. The average Bonchev–Trinajstić information content (AvgIpc) is 2.64. The van der Waals surface area contributed by atoms with E-state index in [-0.39, 0.29) is 12.5 Å². The van der Waals surface area contributed by atoms with Crippen LogP contribution in [0.2, 0.25) is 5.02 Å². The Morgan fingerprint density at radius 3 is 2.30 bits per heavy atom. The van der Waals surface area contributed by atoms with Gasteiger partial charge in [-0.2, -0.15) is 0 Å². The largest absolute Gasteiger partial charge is 0.497 e. The third kappa shape index (κ3) is 6.77. The molecule has 27 heavy (non-hydrogen) atoms. The topological polar surface area (TPSA) is 75.7 Å². The predicted molar refractivity (Wildman–Crippen MR) is 108 cm³/mol. The number of ether oxygens (including phenoxy) is 1.